The SMILES string of the molecule is COc1ccc2c(c1)nc(CCl)n2Cc1cc(C)no1. The van der Waals surface area contributed by atoms with Crippen LogP contribution < -0.4 is 4.74 Å². The summed E-state index contributed by atoms with van der Waals surface area (Å²) in [7, 11) is 1.64. The summed E-state index contributed by atoms with van der Waals surface area (Å²) in [4.78, 5) is 4.53. The van der Waals surface area contributed by atoms with Crippen LogP contribution in [-0.4, -0.2) is 21.8 Å². The van der Waals surface area contributed by atoms with Crippen molar-refractivity contribution in [3.8, 4) is 5.75 Å². The largest absolute Gasteiger partial charge is 0.497 e. The second-order valence-corrected chi connectivity index (χ2v) is 4.80. The van der Waals surface area contributed by atoms with Crippen LogP contribution >= 0.6 is 11.6 Å². The molecule has 5 nitrogen and oxygen atoms in total. The number of imidazole rings is 1. The third-order valence-corrected chi connectivity index (χ3v) is 3.38. The van der Waals surface area contributed by atoms with Gasteiger partial charge in [-0.05, 0) is 19.1 Å². The molecule has 0 aliphatic heterocycles. The molecular formula is C14H14ClN3O2. The molecule has 6 heteroatoms. The average Bonchev–Trinajstić information content (AvgIpc) is 3.02. The first-order valence-corrected chi connectivity index (χ1v) is 6.76. The summed E-state index contributed by atoms with van der Waals surface area (Å²) >= 11 is 5.99. The van der Waals surface area contributed by atoms with E-state index in [2.05, 4.69) is 10.1 Å². The van der Waals surface area contributed by atoms with Crippen molar-refractivity contribution >= 4 is 22.6 Å². The van der Waals surface area contributed by atoms with Gasteiger partial charge in [-0.15, -0.1) is 11.6 Å². The molecule has 0 aliphatic rings. The van der Waals surface area contributed by atoms with Crippen molar-refractivity contribution in [3.63, 3.8) is 0 Å². The zero-order valence-electron chi connectivity index (χ0n) is 11.3. The van der Waals surface area contributed by atoms with Crippen LogP contribution in [0.3, 0.4) is 0 Å². The Bertz CT molecular complexity index is 748. The van der Waals surface area contributed by atoms with E-state index in [-0.39, 0.29) is 0 Å². The molecular weight excluding hydrogens is 278 g/mol. The fourth-order valence-electron chi connectivity index (χ4n) is 2.21. The predicted octanol–water partition coefficient (Wildman–Crippen LogP) is 3.13. The van der Waals surface area contributed by atoms with E-state index in [1.54, 1.807) is 7.11 Å². The van der Waals surface area contributed by atoms with Gasteiger partial charge in [-0.2, -0.15) is 0 Å². The first-order valence-electron chi connectivity index (χ1n) is 6.22. The van der Waals surface area contributed by atoms with Crippen LogP contribution in [0.2, 0.25) is 0 Å². The van der Waals surface area contributed by atoms with Crippen LogP contribution in [0.1, 0.15) is 17.3 Å². The molecule has 0 radical (unpaired) electrons. The maximum absolute atomic E-state index is 5.99. The highest BCUT2D eigenvalue weighted by atomic mass is 35.5. The summed E-state index contributed by atoms with van der Waals surface area (Å²) in [6.45, 7) is 2.46. The van der Waals surface area contributed by atoms with Crippen molar-refractivity contribution < 1.29 is 9.26 Å². The zero-order valence-corrected chi connectivity index (χ0v) is 12.0. The Hall–Kier alpha value is -2.01. The maximum atomic E-state index is 5.99. The number of rotatable bonds is 4. The number of fused-ring (bicyclic) bond motifs is 1. The van der Waals surface area contributed by atoms with Crippen molar-refractivity contribution in [3.05, 3.63) is 41.5 Å². The van der Waals surface area contributed by atoms with Crippen molar-refractivity contribution in [2.75, 3.05) is 7.11 Å². The first-order chi connectivity index (χ1) is 9.71. The van der Waals surface area contributed by atoms with Crippen LogP contribution in [0, 0.1) is 6.92 Å². The molecule has 2 aromatic heterocycles. The lowest BCUT2D eigenvalue weighted by atomic mass is 10.3. The molecule has 2 heterocycles. The van der Waals surface area contributed by atoms with E-state index in [9.17, 15) is 0 Å². The Morgan fingerprint density at radius 2 is 2.20 bits per heavy atom. The number of nitrogens with zero attached hydrogens (tertiary/aromatic N) is 3. The predicted molar refractivity (Wildman–Crippen MR) is 76.2 cm³/mol. The van der Waals surface area contributed by atoms with Crippen molar-refractivity contribution in [1.82, 2.24) is 14.7 Å². The Labute approximate surface area is 121 Å². The van der Waals surface area contributed by atoms with E-state index in [1.165, 1.54) is 0 Å². The van der Waals surface area contributed by atoms with Crippen LogP contribution in [0.25, 0.3) is 11.0 Å². The van der Waals surface area contributed by atoms with Crippen LogP contribution in [-0.2, 0) is 12.4 Å². The van der Waals surface area contributed by atoms with Gasteiger partial charge in [0, 0.05) is 12.1 Å². The van der Waals surface area contributed by atoms with E-state index in [0.29, 0.717) is 12.4 Å². The molecule has 0 fully saturated rings. The molecule has 104 valence electrons. The number of halogens is 1. The maximum Gasteiger partial charge on any atom is 0.156 e. The zero-order chi connectivity index (χ0) is 14.1. The second-order valence-electron chi connectivity index (χ2n) is 4.54. The fraction of sp³-hybridized carbons (Fsp3) is 0.286. The van der Waals surface area contributed by atoms with Gasteiger partial charge in [-0.25, -0.2) is 4.98 Å². The molecule has 0 spiro atoms. The van der Waals surface area contributed by atoms with Crippen LogP contribution in [0.15, 0.2) is 28.8 Å². The molecule has 0 saturated heterocycles. The normalized spacial score (nSPS) is 11.2. The Morgan fingerprint density at radius 3 is 2.85 bits per heavy atom. The second kappa shape index (κ2) is 5.17. The van der Waals surface area contributed by atoms with Gasteiger partial charge >= 0.3 is 0 Å². The molecule has 0 aliphatic carbocycles. The Kier molecular flexibility index (Phi) is 3.36. The van der Waals surface area contributed by atoms with Crippen molar-refractivity contribution in [1.29, 1.82) is 0 Å². The highest BCUT2D eigenvalue weighted by Crippen LogP contribution is 2.23. The third-order valence-electron chi connectivity index (χ3n) is 3.14. The van der Waals surface area contributed by atoms with Gasteiger partial charge in [-0.1, -0.05) is 5.16 Å². The molecule has 3 rings (SSSR count). The van der Waals surface area contributed by atoms with Gasteiger partial charge < -0.3 is 13.8 Å². The van der Waals surface area contributed by atoms with E-state index in [0.717, 1.165) is 34.1 Å². The van der Waals surface area contributed by atoms with Gasteiger partial charge in [0.15, 0.2) is 5.76 Å². The van der Waals surface area contributed by atoms with E-state index < -0.39 is 0 Å². The van der Waals surface area contributed by atoms with Gasteiger partial charge in [0.2, 0.25) is 0 Å². The fourth-order valence-corrected chi connectivity index (χ4v) is 2.42. The van der Waals surface area contributed by atoms with Crippen LogP contribution in [0.4, 0.5) is 0 Å². The highest BCUT2D eigenvalue weighted by Gasteiger charge is 2.13. The van der Waals surface area contributed by atoms with Crippen molar-refractivity contribution in [2.24, 2.45) is 0 Å². The highest BCUT2D eigenvalue weighted by molar-refractivity contribution is 6.16. The minimum absolute atomic E-state index is 0.337. The van der Waals surface area contributed by atoms with Gasteiger partial charge in [0.25, 0.3) is 0 Å². The summed E-state index contributed by atoms with van der Waals surface area (Å²) in [6, 6.07) is 7.69. The van der Waals surface area contributed by atoms with Crippen molar-refractivity contribution in [2.45, 2.75) is 19.3 Å². The molecule has 1 aromatic carbocycles. The number of benzene rings is 1. The number of hydrogen-bond acceptors (Lipinski definition) is 4. The number of aryl methyl sites for hydroxylation is 1. The minimum Gasteiger partial charge on any atom is -0.497 e. The smallest absolute Gasteiger partial charge is 0.156 e. The quantitative estimate of drug-likeness (QED) is 0.693. The lowest BCUT2D eigenvalue weighted by Crippen LogP contribution is -2.03. The summed E-state index contributed by atoms with van der Waals surface area (Å²) in [5.41, 5.74) is 2.71. The third kappa shape index (κ3) is 2.25. The van der Waals surface area contributed by atoms with E-state index in [4.69, 9.17) is 20.9 Å². The molecule has 0 N–H and O–H groups in total. The molecule has 0 unspecified atom stereocenters. The number of ether oxygens (including phenoxy) is 1. The summed E-state index contributed by atoms with van der Waals surface area (Å²) < 4.78 is 12.5. The Morgan fingerprint density at radius 1 is 1.35 bits per heavy atom. The topological polar surface area (TPSA) is 53.1 Å². The lowest BCUT2D eigenvalue weighted by molar-refractivity contribution is 0.373. The molecule has 0 atom stereocenters. The lowest BCUT2D eigenvalue weighted by Gasteiger charge is -2.05. The summed E-state index contributed by atoms with van der Waals surface area (Å²) in [5.74, 6) is 2.69. The molecule has 3 aromatic rings. The molecule has 0 bridgehead atoms. The number of aromatic nitrogens is 3. The van der Waals surface area contributed by atoms with E-state index >= 15 is 0 Å². The standard InChI is InChI=1S/C14H14ClN3O2/c1-9-5-11(20-17-9)8-18-13-4-3-10(19-2)6-12(13)16-14(18)7-15/h3-6H,7-8H2,1-2H3. The van der Waals surface area contributed by atoms with Gasteiger partial charge in [0.05, 0.1) is 36.3 Å². The summed E-state index contributed by atoms with van der Waals surface area (Å²) in [5, 5.41) is 3.90. The molecule has 0 amide bonds. The molecule has 0 saturated carbocycles. The first kappa shape index (κ1) is 13.0. The van der Waals surface area contributed by atoms with Gasteiger partial charge in [0.1, 0.15) is 11.6 Å². The number of methoxy groups -OCH3 is 1. The molecule has 20 heavy (non-hydrogen) atoms. The Balaban J connectivity index is 2.08. The number of hydrogen-bond donors (Lipinski definition) is 0. The number of alkyl halides is 1. The summed E-state index contributed by atoms with van der Waals surface area (Å²) in [6.07, 6.45) is 0. The minimum atomic E-state index is 0.337. The van der Waals surface area contributed by atoms with Gasteiger partial charge in [-0.3, -0.25) is 0 Å². The monoisotopic (exact) mass is 291 g/mol. The average molecular weight is 292 g/mol. The van der Waals surface area contributed by atoms with E-state index in [1.807, 2.05) is 35.8 Å². The van der Waals surface area contributed by atoms with Crippen LogP contribution in [0.5, 0.6) is 5.75 Å².